The third kappa shape index (κ3) is 11.2. The number of rotatable bonds is 6. The summed E-state index contributed by atoms with van der Waals surface area (Å²) in [5, 5.41) is 34.3. The number of cyclic esters (lactones) is 1. The van der Waals surface area contributed by atoms with Crippen LogP contribution in [0.25, 0.3) is 0 Å². The number of ether oxygens (including phenoxy) is 8. The highest BCUT2D eigenvalue weighted by atomic mass is 16.7. The largest absolute Gasteiger partial charge is 0.460 e. The predicted octanol–water partition coefficient (Wildman–Crippen LogP) is 3.81. The summed E-state index contributed by atoms with van der Waals surface area (Å²) in [7, 11) is 4.51. The van der Waals surface area contributed by atoms with Gasteiger partial charge in [0, 0.05) is 58.5 Å². The van der Waals surface area contributed by atoms with Gasteiger partial charge in [0.1, 0.15) is 54.0 Å². The van der Waals surface area contributed by atoms with Crippen molar-refractivity contribution in [3.63, 3.8) is 0 Å². The number of hydrogen-bond acceptors (Lipinski definition) is 16. The van der Waals surface area contributed by atoms with Crippen LogP contribution in [0.15, 0.2) is 11.6 Å². The van der Waals surface area contributed by atoms with Crippen LogP contribution in [0.1, 0.15) is 126 Å². The van der Waals surface area contributed by atoms with Crippen molar-refractivity contribution in [2.24, 2.45) is 35.5 Å². The third-order valence-electron chi connectivity index (χ3n) is 16.8. The van der Waals surface area contributed by atoms with Gasteiger partial charge in [0.25, 0.3) is 11.7 Å². The van der Waals surface area contributed by atoms with Crippen LogP contribution in [0, 0.1) is 35.5 Å². The molecule has 7 aliphatic rings. The van der Waals surface area contributed by atoms with E-state index in [0.29, 0.717) is 64.2 Å². The summed E-state index contributed by atoms with van der Waals surface area (Å²) in [6.45, 7) is 12.8. The lowest BCUT2D eigenvalue weighted by atomic mass is 9.78. The Morgan fingerprint density at radius 3 is 2.28 bits per heavy atom. The van der Waals surface area contributed by atoms with Gasteiger partial charge in [0.15, 0.2) is 5.78 Å². The van der Waals surface area contributed by atoms with E-state index in [2.05, 4.69) is 0 Å². The molecule has 0 aromatic carbocycles. The molecule has 1 aliphatic carbocycles. The number of carbonyl (C=O) groups is 5. The molecule has 17 nitrogen and oxygen atoms in total. The van der Waals surface area contributed by atoms with E-state index in [4.69, 9.17) is 37.9 Å². The van der Waals surface area contributed by atoms with Gasteiger partial charge in [-0.3, -0.25) is 19.2 Å². The first kappa shape index (κ1) is 53.1. The number of epoxide rings is 3. The average molecular weight is 962 g/mol. The normalized spacial score (nSPS) is 47.0. The minimum atomic E-state index is -2.45. The lowest BCUT2D eigenvalue weighted by Crippen LogP contribution is -2.61. The lowest BCUT2D eigenvalue weighted by molar-refractivity contribution is -0.265. The number of methoxy groups -OCH3 is 3. The van der Waals surface area contributed by atoms with Crippen molar-refractivity contribution in [2.45, 2.75) is 216 Å². The fourth-order valence-electron chi connectivity index (χ4n) is 12.0. The molecular formula is C51H79NO16. The van der Waals surface area contributed by atoms with E-state index in [0.717, 1.165) is 5.57 Å². The second kappa shape index (κ2) is 21.6. The molecule has 6 fully saturated rings. The van der Waals surface area contributed by atoms with Gasteiger partial charge in [-0.2, -0.15) is 0 Å². The molecule has 6 aliphatic heterocycles. The van der Waals surface area contributed by atoms with Crippen molar-refractivity contribution in [3.05, 3.63) is 11.6 Å². The smallest absolute Gasteiger partial charge is 0.329 e. The Bertz CT molecular complexity index is 1880. The Morgan fingerprint density at radius 2 is 1.59 bits per heavy atom. The number of Topliss-reactive ketones (excluding diaryl/α,β-unsaturated/α-hetero) is 3. The molecule has 0 radical (unpaired) electrons. The maximum Gasteiger partial charge on any atom is 0.329 e. The summed E-state index contributed by atoms with van der Waals surface area (Å²) in [4.78, 5) is 72.6. The van der Waals surface area contributed by atoms with E-state index >= 15 is 0 Å². The molecule has 0 aromatic rings. The third-order valence-corrected chi connectivity index (χ3v) is 16.8. The average Bonchev–Trinajstić information content (AvgIpc) is 4.25. The molecule has 68 heavy (non-hydrogen) atoms. The first-order chi connectivity index (χ1) is 32.2. The van der Waals surface area contributed by atoms with Crippen molar-refractivity contribution in [1.82, 2.24) is 4.90 Å². The van der Waals surface area contributed by atoms with E-state index in [1.54, 1.807) is 35.0 Å². The number of carbonyl (C=O) groups excluding carboxylic acids is 5. The van der Waals surface area contributed by atoms with Crippen molar-refractivity contribution in [1.29, 1.82) is 0 Å². The van der Waals surface area contributed by atoms with Crippen LogP contribution in [0.5, 0.6) is 0 Å². The quantitative estimate of drug-likeness (QED) is 0.149. The maximum atomic E-state index is 14.5. The van der Waals surface area contributed by atoms with Gasteiger partial charge in [-0.1, -0.05) is 40.7 Å². The van der Waals surface area contributed by atoms with Gasteiger partial charge in [0.2, 0.25) is 5.79 Å². The molecule has 7 rings (SSSR count). The van der Waals surface area contributed by atoms with E-state index in [9.17, 15) is 39.3 Å². The van der Waals surface area contributed by atoms with E-state index < -0.39 is 95.6 Å². The van der Waals surface area contributed by atoms with Gasteiger partial charge < -0.3 is 58.1 Å². The summed E-state index contributed by atoms with van der Waals surface area (Å²) < 4.78 is 47.9. The molecule has 2 bridgehead atoms. The van der Waals surface area contributed by atoms with Crippen LogP contribution in [0.3, 0.4) is 0 Å². The second-order valence-electron chi connectivity index (χ2n) is 21.8. The number of aliphatic hydroxyl groups is 3. The first-order valence-electron chi connectivity index (χ1n) is 25.3. The molecule has 0 aromatic heterocycles. The van der Waals surface area contributed by atoms with Crippen molar-refractivity contribution >= 4 is 29.2 Å². The maximum absolute atomic E-state index is 14.5. The molecule has 1 amide bonds. The lowest BCUT2D eigenvalue weighted by Gasteiger charge is -2.42. The number of piperidine rings is 1. The van der Waals surface area contributed by atoms with Crippen molar-refractivity contribution < 1.29 is 77.2 Å². The van der Waals surface area contributed by atoms with Crippen LogP contribution in [-0.2, 0) is 61.9 Å². The van der Waals surface area contributed by atoms with Gasteiger partial charge in [-0.25, -0.2) is 4.79 Å². The zero-order valence-corrected chi connectivity index (χ0v) is 41.8. The summed E-state index contributed by atoms with van der Waals surface area (Å²) in [6, 6.07) is -1.16. The Morgan fingerprint density at radius 1 is 0.853 bits per heavy atom. The fraction of sp³-hybridized carbons (Fsp3) is 0.863. The summed E-state index contributed by atoms with van der Waals surface area (Å²) in [6.07, 6.45) is 0.0920. The first-order valence-corrected chi connectivity index (χ1v) is 25.3. The molecule has 17 heteroatoms. The van der Waals surface area contributed by atoms with E-state index in [1.807, 2.05) is 33.8 Å². The standard InChI is InChI=1S/C51H79NO16/c1-25(20-31-15-17-34(53)38(22-31)62-9)37-24-35(54)30(6)47-50(7,68-47)45(56)43(63-10)40(55)27(3)19-28(4)41-44(66-41)42-39(64-42)21-26(2)36(61-8)23-32-16-14-29(5)51(60,67-32)46(57)48(58)52-18-12-11-13-33(52)49(59)65-37/h21,25,27-34,36-39,41-45,47,53,56,60H,11-20,22-24H2,1-10H3/b26-21+/t25-,27-,28+,29-,30+,31+,32+,33+,34-,36+,37+,38-,39?,41?,42?,43+,44?,45+,47?,50?,51-/m1/s1. The zero-order chi connectivity index (χ0) is 49.6. The number of aliphatic hydroxyl groups excluding tert-OH is 2. The molecule has 1 saturated carbocycles. The van der Waals surface area contributed by atoms with Gasteiger partial charge in [-0.15, -0.1) is 0 Å². The highest BCUT2D eigenvalue weighted by molar-refractivity contribution is 6.39. The molecule has 5 saturated heterocycles. The summed E-state index contributed by atoms with van der Waals surface area (Å²) in [5.41, 5.74) is -0.416. The molecule has 3 N–H and O–H groups in total. The van der Waals surface area contributed by atoms with Crippen LogP contribution in [-0.4, -0.2) is 168 Å². The van der Waals surface area contributed by atoms with E-state index in [-0.39, 0.29) is 79.2 Å². The number of amides is 1. The summed E-state index contributed by atoms with van der Waals surface area (Å²) >= 11 is 0. The molecule has 0 spiro atoms. The minimum Gasteiger partial charge on any atom is -0.460 e. The Labute approximate surface area is 401 Å². The van der Waals surface area contributed by atoms with Crippen LogP contribution in [0.2, 0.25) is 0 Å². The molecule has 384 valence electrons. The molecule has 6 heterocycles. The SMILES string of the molecule is CO[C@H]1C[C@@H]2CC[C@@H](C)[C@@](O)(O2)C(=O)C(=O)N2CCCC[C@H]2C(=O)O[C@H]([C@H](C)C[C@@H]2CC[C@@H](O)[C@H](OC)C2)CC(=O)[C@H](C)C2OC2(C)[C@@H](O)[C@@H](OC)C(=O)[C@H](C)C[C@H](C)C2OC2C2OC2/C=C/1C. The Hall–Kier alpha value is -2.71. The van der Waals surface area contributed by atoms with Gasteiger partial charge in [-0.05, 0) is 101 Å². The predicted molar refractivity (Wildman–Crippen MR) is 244 cm³/mol. The second-order valence-corrected chi connectivity index (χ2v) is 21.8. The monoisotopic (exact) mass is 962 g/mol. The van der Waals surface area contributed by atoms with Crippen molar-refractivity contribution in [3.8, 4) is 0 Å². The molecule has 21 atom stereocenters. The number of nitrogens with zero attached hydrogens (tertiary/aromatic N) is 1. The van der Waals surface area contributed by atoms with Crippen molar-refractivity contribution in [2.75, 3.05) is 27.9 Å². The minimum absolute atomic E-state index is 0.0140. The van der Waals surface area contributed by atoms with E-state index in [1.165, 1.54) is 12.0 Å². The van der Waals surface area contributed by atoms with Gasteiger partial charge >= 0.3 is 5.97 Å². The summed E-state index contributed by atoms with van der Waals surface area (Å²) in [5.74, 6) is -8.25. The topological polar surface area (TPSA) is 233 Å². The highest BCUT2D eigenvalue weighted by Gasteiger charge is 2.64. The zero-order valence-electron chi connectivity index (χ0n) is 41.8. The van der Waals surface area contributed by atoms with Crippen LogP contribution < -0.4 is 0 Å². The van der Waals surface area contributed by atoms with Crippen LogP contribution >= 0.6 is 0 Å². The Kier molecular flexibility index (Phi) is 16.8. The number of fused-ring (bicyclic) bond motifs is 7. The van der Waals surface area contributed by atoms with Gasteiger partial charge in [0.05, 0.1) is 36.6 Å². The Balaban J connectivity index is 1.16. The van der Waals surface area contributed by atoms with Crippen LogP contribution in [0.4, 0.5) is 0 Å². The number of hydrogen-bond donors (Lipinski definition) is 3. The molecular weight excluding hydrogens is 883 g/mol. The number of esters is 1. The molecule has 6 unspecified atom stereocenters. The fourth-order valence-corrected chi connectivity index (χ4v) is 12.0. The number of ketones is 3. The highest BCUT2D eigenvalue weighted by Crippen LogP contribution is 2.48.